The fraction of sp³-hybridized carbons (Fsp3) is 0.600. The molecule has 0 saturated carbocycles. The van der Waals surface area contributed by atoms with Crippen LogP contribution in [0.4, 0.5) is 0 Å². The van der Waals surface area contributed by atoms with E-state index in [1.807, 2.05) is 4.90 Å². The number of nitrogens with one attached hydrogen (secondary N) is 2. The van der Waals surface area contributed by atoms with Crippen LogP contribution in [0.1, 0.15) is 36.0 Å². The zero-order valence-corrected chi connectivity index (χ0v) is 12.8. The Morgan fingerprint density at radius 3 is 2.62 bits per heavy atom. The first-order valence-corrected chi connectivity index (χ1v) is 7.45. The summed E-state index contributed by atoms with van der Waals surface area (Å²) in [4.78, 5) is 28.0. The summed E-state index contributed by atoms with van der Waals surface area (Å²) in [7, 11) is 0. The van der Waals surface area contributed by atoms with E-state index < -0.39 is 0 Å². The van der Waals surface area contributed by atoms with Crippen molar-refractivity contribution in [1.82, 2.24) is 15.2 Å². The minimum absolute atomic E-state index is 0. The molecule has 0 bridgehead atoms. The summed E-state index contributed by atoms with van der Waals surface area (Å²) in [6.07, 6.45) is 6.20. The zero-order chi connectivity index (χ0) is 13.9. The summed E-state index contributed by atoms with van der Waals surface area (Å²) in [5, 5.41) is 3.56. The number of carbonyl (C=O) groups excluding carboxylic acids is 1. The predicted molar refractivity (Wildman–Crippen MR) is 84.0 cm³/mol. The maximum atomic E-state index is 12.3. The normalized spacial score (nSPS) is 22.9. The number of carbonyl (C=O) groups is 1. The average Bonchev–Trinajstić information content (AvgIpc) is 3.01. The van der Waals surface area contributed by atoms with Gasteiger partial charge in [0.1, 0.15) is 0 Å². The summed E-state index contributed by atoms with van der Waals surface area (Å²) < 4.78 is 0. The molecule has 2 fully saturated rings. The molecule has 2 N–H and O–H groups in total. The highest BCUT2D eigenvalue weighted by molar-refractivity contribution is 5.94. The molecule has 0 spiro atoms. The van der Waals surface area contributed by atoms with Crippen molar-refractivity contribution in [2.45, 2.75) is 31.7 Å². The highest BCUT2D eigenvalue weighted by Crippen LogP contribution is 2.26. The molecule has 2 aliphatic rings. The molecule has 2 saturated heterocycles. The number of aromatic nitrogens is 1. The van der Waals surface area contributed by atoms with Crippen molar-refractivity contribution in [3.8, 4) is 0 Å². The molecule has 1 aromatic heterocycles. The number of amides is 1. The molecule has 1 atom stereocenters. The Bertz CT molecular complexity index is 532. The van der Waals surface area contributed by atoms with Gasteiger partial charge in [0.2, 0.25) is 5.56 Å². The van der Waals surface area contributed by atoms with E-state index in [0.29, 0.717) is 17.5 Å². The van der Waals surface area contributed by atoms with Crippen LogP contribution in [0.15, 0.2) is 23.1 Å². The molecule has 6 heteroatoms. The second-order valence-corrected chi connectivity index (χ2v) is 5.77. The van der Waals surface area contributed by atoms with E-state index >= 15 is 0 Å². The smallest absolute Gasteiger partial charge is 0.254 e. The maximum absolute atomic E-state index is 12.3. The Kier molecular flexibility index (Phi) is 5.42. The van der Waals surface area contributed by atoms with Gasteiger partial charge in [0.15, 0.2) is 0 Å². The van der Waals surface area contributed by atoms with Crippen molar-refractivity contribution in [2.24, 2.45) is 5.92 Å². The van der Waals surface area contributed by atoms with E-state index in [-0.39, 0.29) is 23.9 Å². The molecule has 1 unspecified atom stereocenters. The van der Waals surface area contributed by atoms with Gasteiger partial charge >= 0.3 is 0 Å². The molecule has 116 valence electrons. The fourth-order valence-corrected chi connectivity index (χ4v) is 3.38. The third-order valence-electron chi connectivity index (χ3n) is 4.52. The lowest BCUT2D eigenvalue weighted by Crippen LogP contribution is -2.43. The topological polar surface area (TPSA) is 65.2 Å². The average molecular weight is 312 g/mol. The Labute approximate surface area is 130 Å². The van der Waals surface area contributed by atoms with Gasteiger partial charge < -0.3 is 15.2 Å². The highest BCUT2D eigenvalue weighted by atomic mass is 35.5. The molecule has 3 rings (SSSR count). The van der Waals surface area contributed by atoms with Crippen LogP contribution in [0.3, 0.4) is 0 Å². The minimum atomic E-state index is -0.221. The largest absolute Gasteiger partial charge is 0.339 e. The van der Waals surface area contributed by atoms with Crippen LogP contribution in [0, 0.1) is 5.92 Å². The van der Waals surface area contributed by atoms with Crippen molar-refractivity contribution in [3.05, 3.63) is 34.2 Å². The summed E-state index contributed by atoms with van der Waals surface area (Å²) in [6, 6.07) is 3.70. The lowest BCUT2D eigenvalue weighted by Gasteiger charge is -2.34. The third kappa shape index (κ3) is 3.66. The van der Waals surface area contributed by atoms with Gasteiger partial charge in [0.25, 0.3) is 5.91 Å². The lowest BCUT2D eigenvalue weighted by molar-refractivity contribution is 0.0674. The molecule has 1 aromatic rings. The molecule has 21 heavy (non-hydrogen) atoms. The van der Waals surface area contributed by atoms with E-state index in [0.717, 1.165) is 32.5 Å². The van der Waals surface area contributed by atoms with Gasteiger partial charge in [0.05, 0.1) is 0 Å². The number of pyridine rings is 1. The van der Waals surface area contributed by atoms with Gasteiger partial charge in [-0.3, -0.25) is 9.59 Å². The molecular weight excluding hydrogens is 290 g/mol. The summed E-state index contributed by atoms with van der Waals surface area (Å²) >= 11 is 0. The van der Waals surface area contributed by atoms with Crippen LogP contribution in [-0.2, 0) is 0 Å². The Balaban J connectivity index is 0.00000161. The van der Waals surface area contributed by atoms with Crippen LogP contribution in [-0.4, -0.2) is 41.5 Å². The Morgan fingerprint density at radius 1 is 1.24 bits per heavy atom. The van der Waals surface area contributed by atoms with E-state index in [1.165, 1.54) is 25.1 Å². The minimum Gasteiger partial charge on any atom is -0.339 e. The van der Waals surface area contributed by atoms with Crippen LogP contribution < -0.4 is 10.9 Å². The van der Waals surface area contributed by atoms with Crippen molar-refractivity contribution in [2.75, 3.05) is 19.6 Å². The number of hydrogen-bond acceptors (Lipinski definition) is 3. The van der Waals surface area contributed by atoms with Crippen LogP contribution in [0.5, 0.6) is 0 Å². The van der Waals surface area contributed by atoms with E-state index in [9.17, 15) is 9.59 Å². The zero-order valence-electron chi connectivity index (χ0n) is 12.0. The van der Waals surface area contributed by atoms with Crippen LogP contribution in [0.2, 0.25) is 0 Å². The quantitative estimate of drug-likeness (QED) is 0.868. The molecule has 5 nitrogen and oxygen atoms in total. The van der Waals surface area contributed by atoms with Crippen LogP contribution in [0.25, 0.3) is 0 Å². The number of piperidine rings is 1. The van der Waals surface area contributed by atoms with E-state index in [4.69, 9.17) is 0 Å². The van der Waals surface area contributed by atoms with Crippen molar-refractivity contribution < 1.29 is 4.79 Å². The molecule has 1 amide bonds. The monoisotopic (exact) mass is 311 g/mol. The molecule has 3 heterocycles. The van der Waals surface area contributed by atoms with Crippen molar-refractivity contribution in [3.63, 3.8) is 0 Å². The van der Waals surface area contributed by atoms with Gasteiger partial charge in [-0.15, -0.1) is 12.4 Å². The number of halogens is 1. The molecular formula is C15H22ClN3O2. The van der Waals surface area contributed by atoms with Gasteiger partial charge in [-0.05, 0) is 44.2 Å². The fourth-order valence-electron chi connectivity index (χ4n) is 3.38. The number of rotatable bonds is 2. The van der Waals surface area contributed by atoms with Gasteiger partial charge in [-0.1, -0.05) is 0 Å². The first kappa shape index (κ1) is 16.0. The lowest BCUT2D eigenvalue weighted by atomic mass is 9.88. The summed E-state index contributed by atoms with van der Waals surface area (Å²) in [5.74, 6) is 0.676. The van der Waals surface area contributed by atoms with E-state index in [1.54, 1.807) is 6.07 Å². The second-order valence-electron chi connectivity index (χ2n) is 5.77. The Morgan fingerprint density at radius 2 is 2.00 bits per heavy atom. The number of nitrogens with zero attached hydrogens (tertiary/aromatic N) is 1. The molecule has 0 radical (unpaired) electrons. The third-order valence-corrected chi connectivity index (χ3v) is 4.52. The first-order valence-electron chi connectivity index (χ1n) is 7.45. The van der Waals surface area contributed by atoms with Crippen LogP contribution >= 0.6 is 12.4 Å². The molecule has 0 aromatic carbocycles. The molecule has 0 aliphatic carbocycles. The maximum Gasteiger partial charge on any atom is 0.254 e. The highest BCUT2D eigenvalue weighted by Gasteiger charge is 2.30. The van der Waals surface area contributed by atoms with E-state index in [2.05, 4.69) is 10.3 Å². The number of hydrogen-bond donors (Lipinski definition) is 2. The van der Waals surface area contributed by atoms with Crippen molar-refractivity contribution in [1.29, 1.82) is 0 Å². The second kappa shape index (κ2) is 7.09. The predicted octanol–water partition coefficient (Wildman–Crippen LogP) is 1.40. The number of likely N-dealkylation sites (tertiary alicyclic amines) is 1. The van der Waals surface area contributed by atoms with Gasteiger partial charge in [0, 0.05) is 37.0 Å². The first-order chi connectivity index (χ1) is 9.74. The van der Waals surface area contributed by atoms with Gasteiger partial charge in [-0.2, -0.15) is 0 Å². The molecule has 2 aliphatic heterocycles. The van der Waals surface area contributed by atoms with Crippen molar-refractivity contribution >= 4 is 18.3 Å². The standard InChI is InChI=1S/C15H21N3O2.ClH/c19-14-10-12(3-7-17-14)15(20)18-8-4-11(5-9-18)13-2-1-6-16-13;/h3,7,10-11,13,16H,1-2,4-6,8-9H2,(H,17,19);1H. The SMILES string of the molecule is Cl.O=C(c1cc[nH]c(=O)c1)N1CCC(C2CCCN2)CC1. The number of H-pyrrole nitrogens is 1. The summed E-state index contributed by atoms with van der Waals surface area (Å²) in [5.41, 5.74) is 0.270. The summed E-state index contributed by atoms with van der Waals surface area (Å²) in [6.45, 7) is 2.74. The number of aromatic amines is 1. The van der Waals surface area contributed by atoms with Gasteiger partial charge in [-0.25, -0.2) is 0 Å². The Hall–Kier alpha value is -1.33.